The second-order valence-electron chi connectivity index (χ2n) is 5.05. The Morgan fingerprint density at radius 1 is 1.40 bits per heavy atom. The van der Waals surface area contributed by atoms with E-state index in [0.29, 0.717) is 41.9 Å². The summed E-state index contributed by atoms with van der Waals surface area (Å²) in [6, 6.07) is 8.91. The molecule has 2 atom stereocenters. The van der Waals surface area contributed by atoms with Crippen molar-refractivity contribution in [2.75, 3.05) is 33.3 Å². The minimum Gasteiger partial charge on any atom is -0.549 e. The van der Waals surface area contributed by atoms with Crippen LogP contribution < -0.4 is 21.0 Å². The van der Waals surface area contributed by atoms with Gasteiger partial charge in [-0.25, -0.2) is 0 Å². The van der Waals surface area contributed by atoms with Crippen LogP contribution in [-0.4, -0.2) is 57.8 Å². The first-order valence-corrected chi connectivity index (χ1v) is 8.76. The zero-order valence-electron chi connectivity index (χ0n) is 13.7. The van der Waals surface area contributed by atoms with Gasteiger partial charge in [0.05, 0.1) is 12.1 Å². The van der Waals surface area contributed by atoms with E-state index in [-0.39, 0.29) is 6.61 Å². The van der Waals surface area contributed by atoms with E-state index in [1.807, 2.05) is 6.07 Å². The summed E-state index contributed by atoms with van der Waals surface area (Å²) in [7, 11) is 1.58. The second-order valence-corrected chi connectivity index (χ2v) is 6.00. The Morgan fingerprint density at radius 2 is 2.16 bits per heavy atom. The molecule has 0 radical (unpaired) electrons. The standard InChI is InChI=1S/C15H20N6O3S/c1-17-14-15(21-25(23)20-14)19-7-6-18-9-12(22)10-24-13-5-3-2-4-11(13)8-16/h2-5,12,18,22H,6-7,9-10H2,1H3,(H,17,20)(H,19,21). The van der Waals surface area contributed by atoms with Crippen LogP contribution in [0.3, 0.4) is 0 Å². The van der Waals surface area contributed by atoms with Crippen molar-refractivity contribution >= 4 is 11.1 Å². The van der Waals surface area contributed by atoms with Crippen molar-refractivity contribution in [3.05, 3.63) is 40.8 Å². The van der Waals surface area contributed by atoms with E-state index in [9.17, 15) is 9.66 Å². The number of aromatic amines is 2. The summed E-state index contributed by atoms with van der Waals surface area (Å²) in [5, 5.41) is 21.9. The molecule has 0 fully saturated rings. The molecule has 0 saturated heterocycles. The molecule has 25 heavy (non-hydrogen) atoms. The molecule has 1 aromatic heterocycles. The Morgan fingerprint density at radius 3 is 2.92 bits per heavy atom. The molecular formula is C15H20N6O3S. The summed E-state index contributed by atoms with van der Waals surface area (Å²) in [5.74, 6) is 0.453. The Bertz CT molecular complexity index is 848. The molecule has 4 N–H and O–H groups in total. The molecule has 9 nitrogen and oxygen atoms in total. The third kappa shape index (κ3) is 5.84. The molecule has 0 aliphatic rings. The predicted octanol–water partition coefficient (Wildman–Crippen LogP) is -0.597. The van der Waals surface area contributed by atoms with Crippen LogP contribution in [0.4, 0.5) is 0 Å². The van der Waals surface area contributed by atoms with Crippen molar-refractivity contribution in [2.45, 2.75) is 6.10 Å². The first-order valence-electron chi connectivity index (χ1n) is 7.61. The highest BCUT2D eigenvalue weighted by atomic mass is 32.2. The molecule has 2 rings (SSSR count). The van der Waals surface area contributed by atoms with Crippen molar-refractivity contribution in [3.63, 3.8) is 0 Å². The second kappa shape index (κ2) is 9.75. The van der Waals surface area contributed by atoms with Gasteiger partial charge in [0.2, 0.25) is 11.0 Å². The van der Waals surface area contributed by atoms with E-state index in [1.165, 1.54) is 0 Å². The summed E-state index contributed by atoms with van der Waals surface area (Å²) in [5.41, 5.74) is 1.35. The van der Waals surface area contributed by atoms with E-state index in [4.69, 9.17) is 10.00 Å². The van der Waals surface area contributed by atoms with Crippen LogP contribution in [-0.2, 0) is 0 Å². The number of para-hydroxylation sites is 1. The highest BCUT2D eigenvalue weighted by Crippen LogP contribution is 2.16. The lowest BCUT2D eigenvalue weighted by Gasteiger charge is -2.13. The van der Waals surface area contributed by atoms with Gasteiger partial charge in [0.15, 0.2) is 0 Å². The number of nitriles is 1. The van der Waals surface area contributed by atoms with Crippen molar-refractivity contribution in [3.8, 4) is 11.8 Å². The van der Waals surface area contributed by atoms with Gasteiger partial charge in [-0.05, 0) is 12.1 Å². The van der Waals surface area contributed by atoms with Gasteiger partial charge in [-0.3, -0.25) is 9.98 Å². The molecule has 0 aliphatic carbocycles. The zero-order chi connectivity index (χ0) is 18.1. The van der Waals surface area contributed by atoms with Gasteiger partial charge in [0.1, 0.15) is 35.7 Å². The van der Waals surface area contributed by atoms with Gasteiger partial charge in [-0.2, -0.15) is 14.0 Å². The van der Waals surface area contributed by atoms with Gasteiger partial charge in [-0.15, -0.1) is 0 Å². The molecule has 2 unspecified atom stereocenters. The fraction of sp³-hybridized carbons (Fsp3) is 0.400. The molecule has 1 heterocycles. The van der Waals surface area contributed by atoms with E-state index < -0.39 is 17.2 Å². The third-order valence-electron chi connectivity index (χ3n) is 3.20. The number of aliphatic hydroxyl groups excluding tert-OH is 1. The molecule has 0 saturated carbocycles. The monoisotopic (exact) mass is 364 g/mol. The van der Waals surface area contributed by atoms with Crippen LogP contribution in [0.15, 0.2) is 34.3 Å². The zero-order valence-corrected chi connectivity index (χ0v) is 14.5. The summed E-state index contributed by atoms with van der Waals surface area (Å²) in [6.45, 7) is 1.37. The number of hydrogen-bond acceptors (Lipinski definition) is 7. The molecule has 1 aromatic carbocycles. The summed E-state index contributed by atoms with van der Waals surface area (Å²) < 4.78 is 22.0. The number of nitrogens with zero attached hydrogens (tertiary/aromatic N) is 3. The molecule has 10 heteroatoms. The first-order chi connectivity index (χ1) is 12.1. The van der Waals surface area contributed by atoms with Gasteiger partial charge in [-0.1, -0.05) is 12.1 Å². The van der Waals surface area contributed by atoms with E-state index in [0.717, 1.165) is 0 Å². The highest BCUT2D eigenvalue weighted by molar-refractivity contribution is 7.13. The number of nitrogens with one attached hydrogen (secondary N) is 3. The Labute approximate surface area is 147 Å². The molecular weight excluding hydrogens is 344 g/mol. The van der Waals surface area contributed by atoms with Crippen molar-refractivity contribution in [1.82, 2.24) is 14.1 Å². The maximum atomic E-state index is 11.3. The van der Waals surface area contributed by atoms with Crippen molar-refractivity contribution < 1.29 is 14.4 Å². The smallest absolute Gasteiger partial charge is 0.219 e. The summed E-state index contributed by atoms with van der Waals surface area (Å²) >= 11 is -1.38. The third-order valence-corrected chi connectivity index (χ3v) is 3.96. The molecule has 2 aromatic rings. The number of rotatable bonds is 8. The highest BCUT2D eigenvalue weighted by Gasteiger charge is 2.07. The van der Waals surface area contributed by atoms with Crippen LogP contribution in [0.5, 0.6) is 5.75 Å². The maximum absolute atomic E-state index is 11.3. The first kappa shape index (κ1) is 18.9. The lowest BCUT2D eigenvalue weighted by Crippen LogP contribution is -2.33. The molecule has 0 aliphatic heterocycles. The number of H-pyrrole nitrogens is 2. The minimum atomic E-state index is -1.38. The van der Waals surface area contributed by atoms with E-state index >= 15 is 0 Å². The number of aromatic nitrogens is 2. The number of ether oxygens (including phenoxy) is 1. The average molecular weight is 364 g/mol. The number of benzene rings is 1. The quantitative estimate of drug-likeness (QED) is 0.365. The van der Waals surface area contributed by atoms with Gasteiger partial charge < -0.3 is 19.7 Å². The predicted molar refractivity (Wildman–Crippen MR) is 91.2 cm³/mol. The SMILES string of the molecule is CN=c1[nH][s+]([O-])[nH]c1=NCCNCC(O)COc1ccccc1C#N. The van der Waals surface area contributed by atoms with Gasteiger partial charge in [0, 0.05) is 20.1 Å². The summed E-state index contributed by atoms with van der Waals surface area (Å²) in [4.78, 5) is 8.18. The average Bonchev–Trinajstić information content (AvgIpc) is 2.99. The Balaban J connectivity index is 1.72. The summed E-state index contributed by atoms with van der Waals surface area (Å²) in [6.07, 6.45) is -0.717. The Kier molecular flexibility index (Phi) is 7.36. The maximum Gasteiger partial charge on any atom is 0.219 e. The van der Waals surface area contributed by atoms with Crippen LogP contribution in [0.2, 0.25) is 0 Å². The van der Waals surface area contributed by atoms with Gasteiger partial charge >= 0.3 is 0 Å². The molecule has 0 spiro atoms. The normalized spacial score (nSPS) is 14.4. The fourth-order valence-corrected chi connectivity index (χ4v) is 2.75. The molecule has 0 bridgehead atoms. The molecule has 134 valence electrons. The van der Waals surface area contributed by atoms with Crippen LogP contribution in [0, 0.1) is 11.3 Å². The minimum absolute atomic E-state index is 0.0807. The van der Waals surface area contributed by atoms with Crippen LogP contribution in [0.1, 0.15) is 5.56 Å². The number of aliphatic hydroxyl groups is 1. The van der Waals surface area contributed by atoms with E-state index in [1.54, 1.807) is 31.3 Å². The molecule has 0 amide bonds. The lowest BCUT2D eigenvalue weighted by atomic mass is 10.2. The van der Waals surface area contributed by atoms with Gasteiger partial charge in [0.25, 0.3) is 0 Å². The topological polar surface area (TPSA) is 145 Å². The van der Waals surface area contributed by atoms with E-state index in [2.05, 4.69) is 24.0 Å². The van der Waals surface area contributed by atoms with Crippen molar-refractivity contribution in [2.24, 2.45) is 9.98 Å². The fourth-order valence-electron chi connectivity index (χ4n) is 2.00. The van der Waals surface area contributed by atoms with Crippen LogP contribution in [0.25, 0.3) is 0 Å². The van der Waals surface area contributed by atoms with Crippen molar-refractivity contribution in [1.29, 1.82) is 5.26 Å². The number of hydrogen-bond donors (Lipinski definition) is 4. The van der Waals surface area contributed by atoms with Crippen LogP contribution >= 0.6 is 11.1 Å². The Hall–Kier alpha value is -2.45. The largest absolute Gasteiger partial charge is 0.549 e. The lowest BCUT2D eigenvalue weighted by molar-refractivity contribution is 0.106.